The number of rotatable bonds is 7. The van der Waals surface area contributed by atoms with Crippen molar-refractivity contribution in [3.63, 3.8) is 0 Å². The van der Waals surface area contributed by atoms with Gasteiger partial charge in [-0.3, -0.25) is 0 Å². The van der Waals surface area contributed by atoms with Crippen LogP contribution in [0.4, 0.5) is 4.79 Å². The molecule has 0 aliphatic carbocycles. The molecule has 2 rings (SSSR count). The van der Waals surface area contributed by atoms with E-state index in [1.807, 2.05) is 45.3 Å². The van der Waals surface area contributed by atoms with E-state index in [-0.39, 0.29) is 6.09 Å². The third-order valence-corrected chi connectivity index (χ3v) is 4.27. The Labute approximate surface area is 157 Å². The third-order valence-electron chi connectivity index (χ3n) is 3.63. The second kappa shape index (κ2) is 8.67. The number of halogens is 1. The summed E-state index contributed by atoms with van der Waals surface area (Å²) in [6, 6.07) is 5.97. The molecule has 0 saturated carbocycles. The standard InChI is InChI=1S/C18H26BrN3O3/c1-18(2,3)25-17(23)21(11-12-24-4)9-6-10-22-13-20-15-8-5-7-14(19)16(15)22/h5,7-8,13H,6,9-12H2,1-4H3. The molecular formula is C18H26BrN3O3. The molecule has 1 amide bonds. The fourth-order valence-corrected chi connectivity index (χ4v) is 3.09. The number of para-hydroxylation sites is 1. The Morgan fingerprint density at radius 1 is 1.32 bits per heavy atom. The summed E-state index contributed by atoms with van der Waals surface area (Å²) in [5.74, 6) is 0. The molecule has 7 heteroatoms. The molecule has 2 aromatic rings. The zero-order valence-electron chi connectivity index (χ0n) is 15.3. The lowest BCUT2D eigenvalue weighted by Gasteiger charge is -2.27. The highest BCUT2D eigenvalue weighted by Crippen LogP contribution is 2.23. The van der Waals surface area contributed by atoms with Crippen LogP contribution in [0.3, 0.4) is 0 Å². The van der Waals surface area contributed by atoms with Gasteiger partial charge in [-0.25, -0.2) is 9.78 Å². The van der Waals surface area contributed by atoms with Gasteiger partial charge in [-0.1, -0.05) is 6.07 Å². The number of imidazole rings is 1. The minimum atomic E-state index is -0.506. The SMILES string of the molecule is COCCN(CCCn1cnc2cccc(Br)c21)C(=O)OC(C)(C)C. The van der Waals surface area contributed by atoms with Crippen LogP contribution in [-0.2, 0) is 16.0 Å². The summed E-state index contributed by atoms with van der Waals surface area (Å²) in [5.41, 5.74) is 1.52. The van der Waals surface area contributed by atoms with Crippen molar-refractivity contribution in [1.29, 1.82) is 0 Å². The van der Waals surface area contributed by atoms with Gasteiger partial charge in [0.15, 0.2) is 0 Å². The van der Waals surface area contributed by atoms with Crippen molar-refractivity contribution in [2.24, 2.45) is 0 Å². The number of nitrogens with zero attached hydrogens (tertiary/aromatic N) is 3. The van der Waals surface area contributed by atoms with Gasteiger partial charge in [0.05, 0.1) is 24.0 Å². The molecule has 0 aliphatic rings. The monoisotopic (exact) mass is 411 g/mol. The number of hydrogen-bond donors (Lipinski definition) is 0. The largest absolute Gasteiger partial charge is 0.444 e. The summed E-state index contributed by atoms with van der Waals surface area (Å²) in [6.07, 6.45) is 2.33. The highest BCUT2D eigenvalue weighted by atomic mass is 79.9. The highest BCUT2D eigenvalue weighted by Gasteiger charge is 2.21. The summed E-state index contributed by atoms with van der Waals surface area (Å²) < 4.78 is 13.7. The molecule has 1 aromatic carbocycles. The minimum Gasteiger partial charge on any atom is -0.444 e. The lowest BCUT2D eigenvalue weighted by atomic mass is 10.2. The quantitative estimate of drug-likeness (QED) is 0.688. The Hall–Kier alpha value is -1.60. The lowest BCUT2D eigenvalue weighted by Crippen LogP contribution is -2.39. The van der Waals surface area contributed by atoms with Crippen LogP contribution < -0.4 is 0 Å². The van der Waals surface area contributed by atoms with Crippen LogP contribution in [0, 0.1) is 0 Å². The smallest absolute Gasteiger partial charge is 0.410 e. The zero-order valence-corrected chi connectivity index (χ0v) is 16.9. The summed E-state index contributed by atoms with van der Waals surface area (Å²) >= 11 is 3.58. The van der Waals surface area contributed by atoms with E-state index in [0.717, 1.165) is 28.5 Å². The predicted molar refractivity (Wildman–Crippen MR) is 102 cm³/mol. The Balaban J connectivity index is 1.98. The summed E-state index contributed by atoms with van der Waals surface area (Å²) in [5, 5.41) is 0. The molecule has 0 bridgehead atoms. The fraction of sp³-hybridized carbons (Fsp3) is 0.556. The Morgan fingerprint density at radius 3 is 2.76 bits per heavy atom. The Bertz CT molecular complexity index is 709. The second-order valence-corrected chi connectivity index (χ2v) is 7.71. The van der Waals surface area contributed by atoms with Crippen molar-refractivity contribution in [1.82, 2.24) is 14.5 Å². The van der Waals surface area contributed by atoms with Gasteiger partial charge < -0.3 is 18.9 Å². The molecule has 0 spiro atoms. The number of hydrogen-bond acceptors (Lipinski definition) is 4. The van der Waals surface area contributed by atoms with E-state index in [4.69, 9.17) is 9.47 Å². The zero-order chi connectivity index (χ0) is 18.4. The van der Waals surface area contributed by atoms with E-state index < -0.39 is 5.60 Å². The van der Waals surface area contributed by atoms with Crippen LogP contribution in [0.2, 0.25) is 0 Å². The number of amides is 1. The molecule has 0 unspecified atom stereocenters. The summed E-state index contributed by atoms with van der Waals surface area (Å²) in [7, 11) is 1.63. The highest BCUT2D eigenvalue weighted by molar-refractivity contribution is 9.10. The van der Waals surface area contributed by atoms with Gasteiger partial charge in [-0.05, 0) is 55.3 Å². The van der Waals surface area contributed by atoms with Gasteiger partial charge in [-0.2, -0.15) is 0 Å². The molecule has 0 atom stereocenters. The van der Waals surface area contributed by atoms with E-state index in [1.54, 1.807) is 12.0 Å². The maximum atomic E-state index is 12.3. The van der Waals surface area contributed by atoms with Crippen molar-refractivity contribution >= 4 is 33.1 Å². The first-order valence-corrected chi connectivity index (χ1v) is 9.17. The van der Waals surface area contributed by atoms with Crippen molar-refractivity contribution in [2.75, 3.05) is 26.8 Å². The number of benzene rings is 1. The average molecular weight is 412 g/mol. The molecule has 25 heavy (non-hydrogen) atoms. The lowest BCUT2D eigenvalue weighted by molar-refractivity contribution is 0.0198. The second-order valence-electron chi connectivity index (χ2n) is 6.86. The van der Waals surface area contributed by atoms with Gasteiger partial charge in [0.25, 0.3) is 0 Å². The third kappa shape index (κ3) is 5.71. The van der Waals surface area contributed by atoms with E-state index >= 15 is 0 Å². The molecule has 1 aromatic heterocycles. The number of ether oxygens (including phenoxy) is 2. The van der Waals surface area contributed by atoms with Crippen molar-refractivity contribution in [2.45, 2.75) is 39.3 Å². The van der Waals surface area contributed by atoms with E-state index in [0.29, 0.717) is 19.7 Å². The van der Waals surface area contributed by atoms with E-state index in [9.17, 15) is 4.79 Å². The van der Waals surface area contributed by atoms with Crippen LogP contribution in [0.25, 0.3) is 11.0 Å². The molecule has 0 radical (unpaired) electrons. The number of aromatic nitrogens is 2. The normalized spacial score (nSPS) is 11.7. The molecular weight excluding hydrogens is 386 g/mol. The van der Waals surface area contributed by atoms with E-state index in [2.05, 4.69) is 25.5 Å². The molecule has 0 fully saturated rings. The topological polar surface area (TPSA) is 56.6 Å². The van der Waals surface area contributed by atoms with Crippen LogP contribution >= 0.6 is 15.9 Å². The van der Waals surface area contributed by atoms with Crippen LogP contribution in [0.15, 0.2) is 29.0 Å². The first-order chi connectivity index (χ1) is 11.8. The van der Waals surface area contributed by atoms with E-state index in [1.165, 1.54) is 0 Å². The van der Waals surface area contributed by atoms with Gasteiger partial charge in [0.2, 0.25) is 0 Å². The fourth-order valence-electron chi connectivity index (χ4n) is 2.51. The van der Waals surface area contributed by atoms with Crippen LogP contribution in [0.1, 0.15) is 27.2 Å². The number of methoxy groups -OCH3 is 1. The summed E-state index contributed by atoms with van der Waals surface area (Å²) in [6.45, 7) is 7.98. The number of carbonyl (C=O) groups is 1. The molecule has 0 aliphatic heterocycles. The Kier molecular flexibility index (Phi) is 6.84. The van der Waals surface area contributed by atoms with Gasteiger partial charge >= 0.3 is 6.09 Å². The molecule has 0 N–H and O–H groups in total. The molecule has 138 valence electrons. The number of aryl methyl sites for hydroxylation is 1. The first-order valence-electron chi connectivity index (χ1n) is 8.38. The average Bonchev–Trinajstić information content (AvgIpc) is 2.93. The van der Waals surface area contributed by atoms with Crippen LogP contribution in [-0.4, -0.2) is 53.0 Å². The predicted octanol–water partition coefficient (Wildman–Crippen LogP) is 4.07. The van der Waals surface area contributed by atoms with Gasteiger partial charge in [0.1, 0.15) is 5.60 Å². The van der Waals surface area contributed by atoms with Crippen molar-refractivity contribution in [3.8, 4) is 0 Å². The van der Waals surface area contributed by atoms with Gasteiger partial charge in [0, 0.05) is 31.2 Å². The number of fused-ring (bicyclic) bond motifs is 1. The molecule has 6 nitrogen and oxygen atoms in total. The first kappa shape index (κ1) is 19.7. The Morgan fingerprint density at radius 2 is 2.08 bits per heavy atom. The maximum Gasteiger partial charge on any atom is 0.410 e. The number of carbonyl (C=O) groups excluding carboxylic acids is 1. The van der Waals surface area contributed by atoms with Crippen molar-refractivity contribution < 1.29 is 14.3 Å². The molecule has 0 saturated heterocycles. The maximum absolute atomic E-state index is 12.3. The molecule has 1 heterocycles. The van der Waals surface area contributed by atoms with Crippen molar-refractivity contribution in [3.05, 3.63) is 29.0 Å². The minimum absolute atomic E-state index is 0.304. The summed E-state index contributed by atoms with van der Waals surface area (Å²) in [4.78, 5) is 18.5. The van der Waals surface area contributed by atoms with Crippen LogP contribution in [0.5, 0.6) is 0 Å². The van der Waals surface area contributed by atoms with Gasteiger partial charge in [-0.15, -0.1) is 0 Å².